The van der Waals surface area contributed by atoms with E-state index in [1.807, 2.05) is 13.8 Å². The first-order valence-electron chi connectivity index (χ1n) is 13.4. The average molecular weight is 430 g/mol. The molecule has 4 saturated carbocycles. The minimum absolute atomic E-state index is 0.193. The van der Waals surface area contributed by atoms with Crippen molar-refractivity contribution in [2.24, 2.45) is 52.3 Å². The van der Waals surface area contributed by atoms with Gasteiger partial charge < -0.3 is 5.32 Å². The van der Waals surface area contributed by atoms with Crippen LogP contribution in [0, 0.1) is 52.3 Å². The van der Waals surface area contributed by atoms with Gasteiger partial charge in [-0.25, -0.2) is 0 Å². The molecule has 4 aliphatic rings. The van der Waals surface area contributed by atoms with E-state index in [0.29, 0.717) is 53.1 Å². The standard InChI is InChI=1S/C28H47NO2/c1-17(2)29-25(31)10-7-19(4)21-8-9-22-26-23(12-14-28(21,22)6)27(5)13-11-18(3)15-20(27)16-24(26)30/h17-23,26H,7-16H2,1-6H3,(H,29,31)/t18-,19-,20+,21-,22+,23+,26+,27+,28-/m1/s1. The maximum Gasteiger partial charge on any atom is 0.220 e. The number of carbonyl (C=O) groups excluding carboxylic acids is 2. The van der Waals surface area contributed by atoms with Crippen LogP contribution in [-0.2, 0) is 9.59 Å². The van der Waals surface area contributed by atoms with Crippen molar-refractivity contribution in [3.63, 3.8) is 0 Å². The monoisotopic (exact) mass is 429 g/mol. The van der Waals surface area contributed by atoms with Crippen molar-refractivity contribution >= 4 is 11.7 Å². The second-order valence-corrected chi connectivity index (χ2v) is 13.0. The summed E-state index contributed by atoms with van der Waals surface area (Å²) in [6.45, 7) is 13.9. The second-order valence-electron chi connectivity index (χ2n) is 13.0. The van der Waals surface area contributed by atoms with Crippen LogP contribution in [0.4, 0.5) is 0 Å². The summed E-state index contributed by atoms with van der Waals surface area (Å²) in [5.41, 5.74) is 0.682. The molecular formula is C28H47NO2. The van der Waals surface area contributed by atoms with Crippen molar-refractivity contribution in [1.29, 1.82) is 0 Å². The average Bonchev–Trinajstić information content (AvgIpc) is 3.04. The molecule has 0 aromatic heterocycles. The quantitative estimate of drug-likeness (QED) is 0.549. The molecular weight excluding hydrogens is 382 g/mol. The molecule has 0 saturated heterocycles. The fraction of sp³-hybridized carbons (Fsp3) is 0.929. The van der Waals surface area contributed by atoms with Crippen LogP contribution in [0.5, 0.6) is 0 Å². The summed E-state index contributed by atoms with van der Waals surface area (Å²) in [6.07, 6.45) is 11.4. The highest BCUT2D eigenvalue weighted by molar-refractivity contribution is 5.83. The summed E-state index contributed by atoms with van der Waals surface area (Å²) in [4.78, 5) is 25.8. The first kappa shape index (κ1) is 23.3. The zero-order chi connectivity index (χ0) is 22.6. The number of amides is 1. The van der Waals surface area contributed by atoms with Gasteiger partial charge in [-0.3, -0.25) is 9.59 Å². The number of Topliss-reactive ketones (excluding diaryl/α,β-unsaturated/α-hetero) is 1. The first-order chi connectivity index (χ1) is 14.6. The van der Waals surface area contributed by atoms with Gasteiger partial charge in [-0.1, -0.05) is 34.1 Å². The molecule has 0 radical (unpaired) electrons. The van der Waals surface area contributed by atoms with E-state index >= 15 is 0 Å². The van der Waals surface area contributed by atoms with E-state index < -0.39 is 0 Å². The molecule has 0 aliphatic heterocycles. The molecule has 31 heavy (non-hydrogen) atoms. The molecule has 176 valence electrons. The Morgan fingerprint density at radius 1 is 1.03 bits per heavy atom. The van der Waals surface area contributed by atoms with Crippen LogP contribution in [-0.4, -0.2) is 17.7 Å². The van der Waals surface area contributed by atoms with Gasteiger partial charge >= 0.3 is 0 Å². The Hall–Kier alpha value is -0.860. The molecule has 0 aromatic rings. The van der Waals surface area contributed by atoms with E-state index in [-0.39, 0.29) is 17.4 Å². The fourth-order valence-electron chi connectivity index (χ4n) is 9.08. The zero-order valence-electron chi connectivity index (χ0n) is 21.0. The molecule has 4 aliphatic carbocycles. The van der Waals surface area contributed by atoms with Crippen molar-refractivity contribution in [1.82, 2.24) is 5.32 Å². The summed E-state index contributed by atoms with van der Waals surface area (Å²) < 4.78 is 0. The lowest BCUT2D eigenvalue weighted by Gasteiger charge is -2.60. The molecule has 4 fully saturated rings. The maximum atomic E-state index is 13.6. The van der Waals surface area contributed by atoms with Crippen LogP contribution in [0.3, 0.4) is 0 Å². The van der Waals surface area contributed by atoms with E-state index in [0.717, 1.165) is 18.8 Å². The Labute approximate surface area is 190 Å². The van der Waals surface area contributed by atoms with Gasteiger partial charge in [-0.15, -0.1) is 0 Å². The number of ketones is 1. The number of carbonyl (C=O) groups is 2. The van der Waals surface area contributed by atoms with E-state index in [2.05, 4.69) is 33.0 Å². The van der Waals surface area contributed by atoms with Gasteiger partial charge in [0.15, 0.2) is 0 Å². The summed E-state index contributed by atoms with van der Waals surface area (Å²) in [5, 5.41) is 3.05. The van der Waals surface area contributed by atoms with Crippen molar-refractivity contribution in [2.75, 3.05) is 0 Å². The smallest absolute Gasteiger partial charge is 0.220 e. The van der Waals surface area contributed by atoms with E-state index in [1.54, 1.807) is 0 Å². The van der Waals surface area contributed by atoms with Crippen molar-refractivity contribution < 1.29 is 9.59 Å². The molecule has 1 amide bonds. The van der Waals surface area contributed by atoms with Gasteiger partial charge in [-0.05, 0) is 105 Å². The molecule has 0 bridgehead atoms. The van der Waals surface area contributed by atoms with Gasteiger partial charge in [0, 0.05) is 24.8 Å². The van der Waals surface area contributed by atoms with E-state index in [9.17, 15) is 9.59 Å². The Balaban J connectivity index is 1.48. The van der Waals surface area contributed by atoms with Crippen LogP contribution in [0.2, 0.25) is 0 Å². The SMILES string of the molecule is CC(C)NC(=O)CC[C@@H](C)[C@H]1CC[C@H]2[C@@H]3C(=O)C[C@@H]4C[C@H](C)CC[C@]4(C)[C@H]3CC[C@]12C. The molecule has 1 N–H and O–H groups in total. The highest BCUT2D eigenvalue weighted by atomic mass is 16.1. The molecule has 3 heteroatoms. The highest BCUT2D eigenvalue weighted by Crippen LogP contribution is 2.67. The highest BCUT2D eigenvalue weighted by Gasteiger charge is 2.62. The third-order valence-electron chi connectivity index (χ3n) is 10.8. The Kier molecular flexibility index (Phi) is 6.38. The van der Waals surface area contributed by atoms with Crippen LogP contribution in [0.25, 0.3) is 0 Å². The van der Waals surface area contributed by atoms with E-state index in [4.69, 9.17) is 0 Å². The van der Waals surface area contributed by atoms with E-state index in [1.165, 1.54) is 44.9 Å². The predicted molar refractivity (Wildman–Crippen MR) is 126 cm³/mol. The summed E-state index contributed by atoms with van der Waals surface area (Å²) in [7, 11) is 0. The van der Waals surface area contributed by atoms with Gasteiger partial charge in [0.05, 0.1) is 0 Å². The largest absolute Gasteiger partial charge is 0.354 e. The normalized spacial score (nSPS) is 45.6. The molecule has 4 rings (SSSR count). The molecule has 0 heterocycles. The summed E-state index contributed by atoms with van der Waals surface area (Å²) in [6, 6.07) is 0.219. The maximum absolute atomic E-state index is 13.6. The lowest BCUT2D eigenvalue weighted by Crippen LogP contribution is -2.57. The summed E-state index contributed by atoms with van der Waals surface area (Å²) >= 11 is 0. The third-order valence-corrected chi connectivity index (χ3v) is 10.8. The topological polar surface area (TPSA) is 46.2 Å². The molecule has 0 unspecified atom stereocenters. The predicted octanol–water partition coefficient (Wildman–Crippen LogP) is 6.40. The Bertz CT molecular complexity index is 701. The van der Waals surface area contributed by atoms with Crippen LogP contribution in [0.15, 0.2) is 0 Å². The van der Waals surface area contributed by atoms with Crippen LogP contribution in [0.1, 0.15) is 106 Å². The van der Waals surface area contributed by atoms with Gasteiger partial charge in [0.1, 0.15) is 5.78 Å². The third kappa shape index (κ3) is 4.01. The number of hydrogen-bond acceptors (Lipinski definition) is 2. The van der Waals surface area contributed by atoms with Crippen molar-refractivity contribution in [3.05, 3.63) is 0 Å². The molecule has 0 aromatic carbocycles. The van der Waals surface area contributed by atoms with Gasteiger partial charge in [0.2, 0.25) is 5.91 Å². The zero-order valence-corrected chi connectivity index (χ0v) is 21.0. The van der Waals surface area contributed by atoms with Crippen molar-refractivity contribution in [3.8, 4) is 0 Å². The first-order valence-corrected chi connectivity index (χ1v) is 13.4. The Morgan fingerprint density at radius 3 is 2.42 bits per heavy atom. The summed E-state index contributed by atoms with van der Waals surface area (Å²) in [5.74, 6) is 4.96. The molecule has 0 spiro atoms. The van der Waals surface area contributed by atoms with Crippen LogP contribution >= 0.6 is 0 Å². The van der Waals surface area contributed by atoms with Gasteiger partial charge in [0.25, 0.3) is 0 Å². The molecule has 3 nitrogen and oxygen atoms in total. The number of hydrogen-bond donors (Lipinski definition) is 1. The number of fused-ring (bicyclic) bond motifs is 5. The number of nitrogens with one attached hydrogen (secondary N) is 1. The lowest BCUT2D eigenvalue weighted by atomic mass is 9.43. The lowest BCUT2D eigenvalue weighted by molar-refractivity contribution is -0.158. The Morgan fingerprint density at radius 2 is 1.71 bits per heavy atom. The number of rotatable bonds is 5. The minimum atomic E-state index is 0.193. The fourth-order valence-corrected chi connectivity index (χ4v) is 9.08. The van der Waals surface area contributed by atoms with Gasteiger partial charge in [-0.2, -0.15) is 0 Å². The van der Waals surface area contributed by atoms with Crippen LogP contribution < -0.4 is 5.32 Å². The minimum Gasteiger partial charge on any atom is -0.354 e. The van der Waals surface area contributed by atoms with Crippen molar-refractivity contribution in [2.45, 2.75) is 112 Å². The second kappa shape index (κ2) is 8.49. The molecule has 9 atom stereocenters.